The molecule has 1 rings (SSSR count). The minimum atomic E-state index is -0.211. The number of aliphatic hydroxyl groups excluding tert-OH is 1. The molecular formula is C16H21NO2. The highest BCUT2D eigenvalue weighted by Gasteiger charge is 2.15. The van der Waals surface area contributed by atoms with Crippen LogP contribution < -0.4 is 5.32 Å². The molecule has 2 N–H and O–H groups in total. The van der Waals surface area contributed by atoms with Crippen molar-refractivity contribution in [1.29, 1.82) is 0 Å². The summed E-state index contributed by atoms with van der Waals surface area (Å²) in [6.45, 7) is 8.52. The molecule has 0 unspecified atom stereocenters. The summed E-state index contributed by atoms with van der Waals surface area (Å²) in [5.74, 6) is 5.26. The third-order valence-electron chi connectivity index (χ3n) is 2.50. The van der Waals surface area contributed by atoms with Crippen LogP contribution in [0.4, 0.5) is 0 Å². The number of carbonyl (C=O) groups is 1. The monoisotopic (exact) mass is 259 g/mol. The number of aryl methyl sites for hydroxylation is 1. The molecule has 0 aliphatic rings. The zero-order chi connectivity index (χ0) is 14.5. The SMILES string of the molecule is Cc1ccc(C#CCO)c(C(=O)NCC(C)(C)C)c1. The summed E-state index contributed by atoms with van der Waals surface area (Å²) in [5.41, 5.74) is 2.25. The van der Waals surface area contributed by atoms with Gasteiger partial charge in [-0.3, -0.25) is 4.79 Å². The van der Waals surface area contributed by atoms with Crippen LogP contribution >= 0.6 is 0 Å². The highest BCUT2D eigenvalue weighted by Crippen LogP contribution is 2.13. The summed E-state index contributed by atoms with van der Waals surface area (Å²) >= 11 is 0. The molecule has 0 atom stereocenters. The van der Waals surface area contributed by atoms with Crippen LogP contribution in [-0.4, -0.2) is 24.2 Å². The summed E-state index contributed by atoms with van der Waals surface area (Å²) in [5, 5.41) is 11.7. The minimum absolute atomic E-state index is 0.0381. The van der Waals surface area contributed by atoms with E-state index in [1.165, 1.54) is 0 Å². The molecule has 0 aromatic heterocycles. The summed E-state index contributed by atoms with van der Waals surface area (Å²) in [6, 6.07) is 5.53. The van der Waals surface area contributed by atoms with Crippen LogP contribution in [0.2, 0.25) is 0 Å². The Morgan fingerprint density at radius 1 is 1.37 bits per heavy atom. The largest absolute Gasteiger partial charge is 0.384 e. The van der Waals surface area contributed by atoms with E-state index in [2.05, 4.69) is 37.9 Å². The molecule has 0 aliphatic carbocycles. The van der Waals surface area contributed by atoms with Gasteiger partial charge in [-0.15, -0.1) is 0 Å². The van der Waals surface area contributed by atoms with E-state index < -0.39 is 0 Å². The number of hydrogen-bond donors (Lipinski definition) is 2. The molecule has 0 fully saturated rings. The fourth-order valence-electron chi connectivity index (χ4n) is 1.53. The molecule has 1 aromatic carbocycles. The molecule has 0 spiro atoms. The number of carbonyl (C=O) groups excluding carboxylic acids is 1. The quantitative estimate of drug-likeness (QED) is 0.799. The van der Waals surface area contributed by atoms with Crippen molar-refractivity contribution in [2.75, 3.05) is 13.2 Å². The molecule has 0 saturated carbocycles. The maximum Gasteiger partial charge on any atom is 0.252 e. The molecule has 19 heavy (non-hydrogen) atoms. The smallest absolute Gasteiger partial charge is 0.252 e. The molecule has 102 valence electrons. The van der Waals surface area contributed by atoms with Gasteiger partial charge < -0.3 is 10.4 Å². The van der Waals surface area contributed by atoms with Crippen molar-refractivity contribution >= 4 is 5.91 Å². The van der Waals surface area contributed by atoms with E-state index >= 15 is 0 Å². The van der Waals surface area contributed by atoms with E-state index in [4.69, 9.17) is 5.11 Å². The fraction of sp³-hybridized carbons (Fsp3) is 0.438. The van der Waals surface area contributed by atoms with Crippen molar-refractivity contribution in [3.63, 3.8) is 0 Å². The molecule has 3 heteroatoms. The van der Waals surface area contributed by atoms with Crippen molar-refractivity contribution in [3.05, 3.63) is 34.9 Å². The van der Waals surface area contributed by atoms with Gasteiger partial charge in [0.25, 0.3) is 5.91 Å². The first-order chi connectivity index (χ1) is 8.83. The van der Waals surface area contributed by atoms with E-state index in [0.29, 0.717) is 17.7 Å². The van der Waals surface area contributed by atoms with Crippen molar-refractivity contribution < 1.29 is 9.90 Å². The van der Waals surface area contributed by atoms with Gasteiger partial charge in [0, 0.05) is 12.1 Å². The third-order valence-corrected chi connectivity index (χ3v) is 2.50. The Balaban J connectivity index is 2.97. The zero-order valence-electron chi connectivity index (χ0n) is 12.0. The van der Waals surface area contributed by atoms with Gasteiger partial charge in [-0.1, -0.05) is 44.2 Å². The minimum Gasteiger partial charge on any atom is -0.384 e. The predicted molar refractivity (Wildman–Crippen MR) is 76.9 cm³/mol. The maximum atomic E-state index is 12.2. The highest BCUT2D eigenvalue weighted by atomic mass is 16.2. The second-order valence-electron chi connectivity index (χ2n) is 5.75. The number of aliphatic hydroxyl groups is 1. The Morgan fingerprint density at radius 2 is 2.05 bits per heavy atom. The first kappa shape index (κ1) is 15.3. The topological polar surface area (TPSA) is 49.3 Å². The lowest BCUT2D eigenvalue weighted by Crippen LogP contribution is -2.32. The van der Waals surface area contributed by atoms with E-state index in [9.17, 15) is 4.79 Å². The van der Waals surface area contributed by atoms with Crippen molar-refractivity contribution in [3.8, 4) is 11.8 Å². The zero-order valence-corrected chi connectivity index (χ0v) is 12.0. The van der Waals surface area contributed by atoms with Crippen molar-refractivity contribution in [1.82, 2.24) is 5.32 Å². The van der Waals surface area contributed by atoms with Gasteiger partial charge in [0.1, 0.15) is 6.61 Å². The van der Waals surface area contributed by atoms with Gasteiger partial charge in [-0.2, -0.15) is 0 Å². The Labute approximate surface area is 115 Å². The van der Waals surface area contributed by atoms with Gasteiger partial charge >= 0.3 is 0 Å². The summed E-state index contributed by atoms with van der Waals surface area (Å²) in [6.07, 6.45) is 0. The Hall–Kier alpha value is -1.79. The number of nitrogens with one attached hydrogen (secondary N) is 1. The van der Waals surface area contributed by atoms with E-state index in [-0.39, 0.29) is 17.9 Å². The van der Waals surface area contributed by atoms with Gasteiger partial charge in [-0.25, -0.2) is 0 Å². The normalized spacial score (nSPS) is 10.6. The summed E-state index contributed by atoms with van der Waals surface area (Å²) in [7, 11) is 0. The van der Waals surface area contributed by atoms with E-state index in [1.54, 1.807) is 0 Å². The first-order valence-electron chi connectivity index (χ1n) is 6.32. The average Bonchev–Trinajstić information content (AvgIpc) is 2.33. The predicted octanol–water partition coefficient (Wildman–Crippen LogP) is 2.11. The summed E-state index contributed by atoms with van der Waals surface area (Å²) in [4.78, 5) is 12.2. The average molecular weight is 259 g/mol. The second-order valence-corrected chi connectivity index (χ2v) is 5.75. The second kappa shape index (κ2) is 6.40. The Kier molecular flexibility index (Phi) is 5.14. The highest BCUT2D eigenvalue weighted by molar-refractivity contribution is 5.97. The molecule has 0 aliphatic heterocycles. The van der Waals surface area contributed by atoms with Gasteiger partial charge in [-0.05, 0) is 24.5 Å². The number of amides is 1. The van der Waals surface area contributed by atoms with Gasteiger partial charge in [0.15, 0.2) is 0 Å². The Morgan fingerprint density at radius 3 is 2.63 bits per heavy atom. The van der Waals surface area contributed by atoms with Crippen LogP contribution in [0.25, 0.3) is 0 Å². The molecular weight excluding hydrogens is 238 g/mol. The Bertz CT molecular complexity index is 516. The van der Waals surface area contributed by atoms with Crippen LogP contribution in [-0.2, 0) is 0 Å². The van der Waals surface area contributed by atoms with Crippen LogP contribution in [0.3, 0.4) is 0 Å². The van der Waals surface area contributed by atoms with E-state index in [1.807, 2.05) is 25.1 Å². The lowest BCUT2D eigenvalue weighted by Gasteiger charge is -2.19. The molecule has 0 bridgehead atoms. The lowest BCUT2D eigenvalue weighted by molar-refractivity contribution is 0.0939. The van der Waals surface area contributed by atoms with Crippen molar-refractivity contribution in [2.24, 2.45) is 5.41 Å². The molecule has 0 heterocycles. The van der Waals surface area contributed by atoms with Crippen LogP contribution in [0.1, 0.15) is 42.3 Å². The van der Waals surface area contributed by atoms with Crippen molar-refractivity contribution in [2.45, 2.75) is 27.7 Å². The summed E-state index contributed by atoms with van der Waals surface area (Å²) < 4.78 is 0. The van der Waals surface area contributed by atoms with E-state index in [0.717, 1.165) is 5.56 Å². The molecule has 0 radical (unpaired) electrons. The number of rotatable bonds is 2. The molecule has 1 aromatic rings. The lowest BCUT2D eigenvalue weighted by atomic mass is 9.96. The maximum absolute atomic E-state index is 12.2. The van der Waals surface area contributed by atoms with Crippen LogP contribution in [0, 0.1) is 24.2 Å². The molecule has 0 saturated heterocycles. The van der Waals surface area contributed by atoms with Crippen LogP contribution in [0.15, 0.2) is 18.2 Å². The molecule has 3 nitrogen and oxygen atoms in total. The standard InChI is InChI=1S/C16H21NO2/c1-12-7-8-13(6-5-9-18)14(10-12)15(19)17-11-16(2,3)4/h7-8,10,18H,9,11H2,1-4H3,(H,17,19). The molecule has 1 amide bonds. The number of hydrogen-bond acceptors (Lipinski definition) is 2. The first-order valence-corrected chi connectivity index (χ1v) is 6.32. The van der Waals surface area contributed by atoms with Gasteiger partial charge in [0.2, 0.25) is 0 Å². The fourth-order valence-corrected chi connectivity index (χ4v) is 1.53. The number of benzene rings is 1. The van der Waals surface area contributed by atoms with Crippen LogP contribution in [0.5, 0.6) is 0 Å². The van der Waals surface area contributed by atoms with Gasteiger partial charge in [0.05, 0.1) is 5.56 Å². The third kappa shape index (κ3) is 5.15.